The van der Waals surface area contributed by atoms with Crippen LogP contribution in [0.25, 0.3) is 65.2 Å². The number of carbonyl (C=O) groups excluding carboxylic acids is 1. The normalized spacial score (nSPS) is 11.8. The molecule has 0 unspecified atom stereocenters. The lowest BCUT2D eigenvalue weighted by Crippen LogP contribution is -2.12. The van der Waals surface area contributed by atoms with E-state index < -0.39 is 5.91 Å². The molecule has 2 aromatic heterocycles. The minimum Gasteiger partial charge on any atom is -0.505 e. The Balaban J connectivity index is 0.807. The van der Waals surface area contributed by atoms with E-state index in [9.17, 15) is 15.0 Å². The minimum absolute atomic E-state index is 0.0225. The van der Waals surface area contributed by atoms with Crippen LogP contribution in [0.2, 0.25) is 0 Å². The fourth-order valence-corrected chi connectivity index (χ4v) is 9.54. The van der Waals surface area contributed by atoms with Gasteiger partial charge in [-0.2, -0.15) is 10.2 Å². The molecule has 0 atom stereocenters. The molecule has 0 aliphatic heterocycles. The number of fused-ring (bicyclic) bond motifs is 10. The SMILES string of the molecule is CCc1ccccc1NOCc1cc2ccc3c4ccccc4[nH]c3c2c(N=Nc2ccc(Nc3ccc(N=Nc4c(O)c(C(=O)Nc5ccccc5)cc5ccc6c7ccccc7[nH]c6c45)cc3)cc2)c1O. The highest BCUT2D eigenvalue weighted by atomic mass is 16.6. The molecule has 12 rings (SSSR count). The van der Waals surface area contributed by atoms with Crippen LogP contribution in [0, 0.1) is 0 Å². The predicted octanol–water partition coefficient (Wildman–Crippen LogP) is 16.6. The number of aryl methyl sites for hydroxylation is 1. The van der Waals surface area contributed by atoms with Crippen molar-refractivity contribution in [2.45, 2.75) is 20.0 Å². The van der Waals surface area contributed by atoms with Crippen molar-refractivity contribution in [3.05, 3.63) is 205 Å². The first kappa shape index (κ1) is 44.4. The van der Waals surface area contributed by atoms with Crippen molar-refractivity contribution in [1.82, 2.24) is 9.97 Å². The second-order valence-corrected chi connectivity index (χ2v) is 17.7. The lowest BCUT2D eigenvalue weighted by atomic mass is 10.00. The number of phenolic OH excluding ortho intramolecular Hbond substituents is 2. The number of H-pyrrole nitrogens is 2. The summed E-state index contributed by atoms with van der Waals surface area (Å²) in [6.07, 6.45) is 0.844. The highest BCUT2D eigenvalue weighted by Crippen LogP contribution is 2.46. The molecule has 0 spiro atoms. The summed E-state index contributed by atoms with van der Waals surface area (Å²) in [6.45, 7) is 2.17. The van der Waals surface area contributed by atoms with Crippen molar-refractivity contribution in [2.24, 2.45) is 20.5 Å². The summed E-state index contributed by atoms with van der Waals surface area (Å²) in [5, 5.41) is 55.6. The van der Waals surface area contributed by atoms with Gasteiger partial charge in [0.1, 0.15) is 23.7 Å². The highest BCUT2D eigenvalue weighted by molar-refractivity contribution is 6.23. The van der Waals surface area contributed by atoms with Crippen molar-refractivity contribution in [1.29, 1.82) is 0 Å². The monoisotopic (exact) mass is 955 g/mol. The fraction of sp³-hybridized carbons (Fsp3) is 0.0500. The zero-order valence-electron chi connectivity index (χ0n) is 39.3. The third-order valence-corrected chi connectivity index (χ3v) is 13.2. The number of para-hydroxylation sites is 4. The molecule has 0 saturated carbocycles. The Morgan fingerprint density at radius 3 is 1.66 bits per heavy atom. The van der Waals surface area contributed by atoms with Gasteiger partial charge in [-0.05, 0) is 114 Å². The number of carbonyl (C=O) groups is 1. The molecule has 12 aromatic rings. The second-order valence-electron chi connectivity index (χ2n) is 17.7. The molecule has 0 aliphatic carbocycles. The Morgan fingerprint density at radius 1 is 0.521 bits per heavy atom. The van der Waals surface area contributed by atoms with Crippen LogP contribution in [0.15, 0.2) is 209 Å². The molecule has 0 radical (unpaired) electrons. The number of anilines is 4. The Bertz CT molecular complexity index is 4150. The zero-order valence-corrected chi connectivity index (χ0v) is 39.3. The Hall–Kier alpha value is -9.85. The van der Waals surface area contributed by atoms with Crippen LogP contribution in [0.1, 0.15) is 28.4 Å². The van der Waals surface area contributed by atoms with E-state index >= 15 is 0 Å². The van der Waals surface area contributed by atoms with E-state index in [4.69, 9.17) is 9.95 Å². The Morgan fingerprint density at radius 2 is 1.05 bits per heavy atom. The second kappa shape index (κ2) is 18.8. The Labute approximate surface area is 417 Å². The van der Waals surface area contributed by atoms with Crippen molar-refractivity contribution in [3.63, 3.8) is 0 Å². The van der Waals surface area contributed by atoms with Crippen LogP contribution in [0.5, 0.6) is 11.5 Å². The quantitative estimate of drug-likeness (QED) is 0.0445. The van der Waals surface area contributed by atoms with E-state index in [2.05, 4.69) is 66.5 Å². The number of nitrogens with zero attached hydrogens (tertiary/aromatic N) is 4. The average Bonchev–Trinajstić information content (AvgIpc) is 4.01. The summed E-state index contributed by atoms with van der Waals surface area (Å²) in [7, 11) is 0. The molecule has 10 aromatic carbocycles. The first-order valence-electron chi connectivity index (χ1n) is 23.9. The lowest BCUT2D eigenvalue weighted by Gasteiger charge is -2.14. The first-order valence-corrected chi connectivity index (χ1v) is 23.9. The molecule has 13 heteroatoms. The van der Waals surface area contributed by atoms with Gasteiger partial charge in [-0.3, -0.25) is 15.1 Å². The zero-order chi connectivity index (χ0) is 49.4. The number of aromatic nitrogens is 2. The fourth-order valence-electron chi connectivity index (χ4n) is 9.54. The first-order chi connectivity index (χ1) is 35.9. The number of amides is 1. The standard InChI is InChI=1S/C60H45N9O4/c1-2-35-12-6-9-17-49(35)69-73-34-38-32-36-20-30-46-44-15-7-10-18-50(44)63-54(46)52(36)56(58(38)70)67-65-42-26-22-40(23-27-42)61-41-24-28-43(29-25-41)66-68-57-53-37(21-31-47-45-16-8-11-19-51(45)64-55(47)53)33-48(59(57)71)60(72)62-39-13-4-3-5-14-39/h3-33,61,63-64,69-71H,2,34H2,1H3,(H,62,72). The van der Waals surface area contributed by atoms with Crippen LogP contribution >= 0.6 is 0 Å². The smallest absolute Gasteiger partial charge is 0.259 e. The van der Waals surface area contributed by atoms with Gasteiger partial charge in [0, 0.05) is 66.0 Å². The molecule has 0 aliphatic rings. The molecule has 0 saturated heterocycles. The van der Waals surface area contributed by atoms with Crippen LogP contribution in [-0.4, -0.2) is 26.1 Å². The van der Waals surface area contributed by atoms with E-state index in [1.165, 1.54) is 0 Å². The largest absolute Gasteiger partial charge is 0.505 e. The van der Waals surface area contributed by atoms with Crippen molar-refractivity contribution in [3.8, 4) is 11.5 Å². The predicted molar refractivity (Wildman–Crippen MR) is 293 cm³/mol. The minimum atomic E-state index is -0.473. The van der Waals surface area contributed by atoms with Crippen LogP contribution in [0.3, 0.4) is 0 Å². The number of hydrogen-bond acceptors (Lipinski definition) is 10. The van der Waals surface area contributed by atoms with Gasteiger partial charge in [-0.15, -0.1) is 10.2 Å². The van der Waals surface area contributed by atoms with Crippen LogP contribution < -0.4 is 16.1 Å². The van der Waals surface area contributed by atoms with Gasteiger partial charge in [0.25, 0.3) is 5.91 Å². The van der Waals surface area contributed by atoms with Crippen molar-refractivity contribution < 1.29 is 19.8 Å². The summed E-state index contributed by atoms with van der Waals surface area (Å²) < 4.78 is 0. The van der Waals surface area contributed by atoms with E-state index in [-0.39, 0.29) is 29.4 Å². The van der Waals surface area contributed by atoms with Gasteiger partial charge in [-0.1, -0.05) is 104 Å². The molecule has 354 valence electrons. The average molecular weight is 956 g/mol. The number of rotatable bonds is 13. The van der Waals surface area contributed by atoms with Gasteiger partial charge in [-0.25, -0.2) is 0 Å². The third kappa shape index (κ3) is 8.45. The summed E-state index contributed by atoms with van der Waals surface area (Å²) in [4.78, 5) is 26.7. The summed E-state index contributed by atoms with van der Waals surface area (Å²) in [5.41, 5.74) is 13.1. The number of aromatic amines is 2. The lowest BCUT2D eigenvalue weighted by molar-refractivity contribution is 0.102. The molecular formula is C60H45N9O4. The number of benzene rings is 10. The van der Waals surface area contributed by atoms with E-state index in [0.717, 1.165) is 83.4 Å². The third-order valence-electron chi connectivity index (χ3n) is 13.2. The molecule has 0 fully saturated rings. The van der Waals surface area contributed by atoms with E-state index in [1.807, 2.05) is 152 Å². The number of azo groups is 2. The Kier molecular flexibility index (Phi) is 11.4. The maximum absolute atomic E-state index is 13.6. The topological polar surface area (TPSA) is 184 Å². The van der Waals surface area contributed by atoms with Gasteiger partial charge < -0.3 is 30.8 Å². The number of phenols is 2. The van der Waals surface area contributed by atoms with Gasteiger partial charge >= 0.3 is 0 Å². The molecule has 2 heterocycles. The van der Waals surface area contributed by atoms with Crippen molar-refractivity contribution >= 4 is 117 Å². The summed E-state index contributed by atoms with van der Waals surface area (Å²) in [5.74, 6) is -0.778. The van der Waals surface area contributed by atoms with Gasteiger partial charge in [0.05, 0.1) is 33.7 Å². The molecule has 7 N–H and O–H groups in total. The van der Waals surface area contributed by atoms with Crippen molar-refractivity contribution in [2.75, 3.05) is 16.1 Å². The number of aromatic hydroxyl groups is 2. The number of hydrogen-bond donors (Lipinski definition) is 7. The molecule has 73 heavy (non-hydrogen) atoms. The molecule has 1 amide bonds. The van der Waals surface area contributed by atoms with Crippen LogP contribution in [-0.2, 0) is 17.9 Å². The summed E-state index contributed by atoms with van der Waals surface area (Å²) in [6, 6.07) is 59.7. The number of nitrogens with one attached hydrogen (secondary N) is 5. The molecule has 0 bridgehead atoms. The maximum Gasteiger partial charge on any atom is 0.259 e. The molecular weight excluding hydrogens is 911 g/mol. The summed E-state index contributed by atoms with van der Waals surface area (Å²) >= 11 is 0. The van der Waals surface area contributed by atoms with E-state index in [0.29, 0.717) is 39.1 Å². The van der Waals surface area contributed by atoms with Gasteiger partial charge in [0.15, 0.2) is 5.75 Å². The highest BCUT2D eigenvalue weighted by Gasteiger charge is 2.22. The maximum atomic E-state index is 13.6. The van der Waals surface area contributed by atoms with Crippen LogP contribution in [0.4, 0.5) is 45.5 Å². The van der Waals surface area contributed by atoms with E-state index in [1.54, 1.807) is 18.2 Å². The van der Waals surface area contributed by atoms with Gasteiger partial charge in [0.2, 0.25) is 0 Å². The molecule has 13 nitrogen and oxygen atoms in total.